The van der Waals surface area contributed by atoms with Crippen molar-refractivity contribution >= 4 is 166 Å². The molecule has 10 heteroatoms. The van der Waals surface area contributed by atoms with E-state index >= 15 is 0 Å². The lowest BCUT2D eigenvalue weighted by Gasteiger charge is -2.51. The Morgan fingerprint density at radius 1 is 0.269 bits per heavy atom. The van der Waals surface area contributed by atoms with Crippen molar-refractivity contribution in [3.63, 3.8) is 0 Å². The number of rotatable bonds is 7. The van der Waals surface area contributed by atoms with Crippen LogP contribution in [-0.2, 0) is 0 Å². The van der Waals surface area contributed by atoms with Crippen molar-refractivity contribution in [1.29, 1.82) is 0 Å². The molecule has 0 bridgehead atoms. The van der Waals surface area contributed by atoms with Gasteiger partial charge in [-0.3, -0.25) is 0 Å². The molecule has 21 rings (SSSR count). The van der Waals surface area contributed by atoms with Gasteiger partial charge in [0.1, 0.15) is 11.4 Å². The number of nitrogens with zero attached hydrogens (tertiary/aromatic N) is 7. The molecule has 0 N–H and O–H groups in total. The third-order valence-electron chi connectivity index (χ3n) is 20.4. The third-order valence-corrected chi connectivity index (χ3v) is 20.4. The first-order valence-corrected chi connectivity index (χ1v) is 32.2. The monoisotopic (exact) mass is 1190 g/mol. The summed E-state index contributed by atoms with van der Waals surface area (Å²) in [5.41, 5.74) is 35.6. The zero-order valence-corrected chi connectivity index (χ0v) is 50.6. The molecule has 0 saturated heterocycles. The molecule has 13 aromatic carbocycles. The van der Waals surface area contributed by atoms with Gasteiger partial charge in [0.2, 0.25) is 0 Å². The second-order valence-corrected chi connectivity index (χ2v) is 25.2. The number of benzene rings is 13. The highest BCUT2D eigenvalue weighted by atomic mass is 16.3. The lowest BCUT2D eigenvalue weighted by Crippen LogP contribution is -2.62. The second-order valence-electron chi connectivity index (χ2n) is 25.2. The third kappa shape index (κ3) is 6.80. The van der Waals surface area contributed by atoms with Crippen LogP contribution in [0.4, 0.5) is 119 Å². The number of hydrogen-bond acceptors (Lipinski definition) is 8. The van der Waals surface area contributed by atoms with Crippen molar-refractivity contribution in [3.05, 3.63) is 309 Å². The molecule has 0 saturated carbocycles. The summed E-state index contributed by atoms with van der Waals surface area (Å²) in [6.07, 6.45) is 0. The van der Waals surface area contributed by atoms with Gasteiger partial charge >= 0.3 is 0 Å². The fourth-order valence-electron chi connectivity index (χ4n) is 16.7. The zero-order valence-electron chi connectivity index (χ0n) is 50.6. The standard InChI is InChI=1S/C83H53B2N7O/c1-52-48-71-74-78-76(52)87(59-34-16-6-17-35-59)64-38-20-23-41-67(64)90(78)70-50-56(54-28-10-3-11-29-54)44-46-61(70)84(74)82-80-81-83(93-82)85-62-49-55(53-26-8-2-9-27-53)45-47-63(62)89-66-40-22-21-39-65(66)88(60-36-18-7-19-37-60)77-73(86(57-30-12-4-13-31-57)58-32-14-5-15-33-58)51-72(75(85)79(77)89)92(81)69-43-25-24-42-68(69)91(71)80/h2-51H,1H3. The van der Waals surface area contributed by atoms with E-state index in [0.717, 1.165) is 142 Å². The normalized spacial score (nSPS) is 13.9. The highest BCUT2D eigenvalue weighted by molar-refractivity contribution is 7.03. The maximum absolute atomic E-state index is 8.42. The molecule has 0 radical (unpaired) electrons. The van der Waals surface area contributed by atoms with Gasteiger partial charge in [-0.25, -0.2) is 0 Å². The van der Waals surface area contributed by atoms with Gasteiger partial charge in [-0.05, 0) is 166 Å². The molecular formula is C83H53B2N7O. The lowest BCUT2D eigenvalue weighted by molar-refractivity contribution is 0.634. The molecule has 8 heterocycles. The van der Waals surface area contributed by atoms with Crippen LogP contribution in [0.3, 0.4) is 0 Å². The molecule has 7 aliphatic heterocycles. The van der Waals surface area contributed by atoms with E-state index in [1.165, 1.54) is 38.7 Å². The summed E-state index contributed by atoms with van der Waals surface area (Å²) in [6, 6.07) is 112. The summed E-state index contributed by atoms with van der Waals surface area (Å²) in [6.45, 7) is 1.64. The van der Waals surface area contributed by atoms with Crippen LogP contribution in [0.2, 0.25) is 0 Å². The van der Waals surface area contributed by atoms with E-state index in [1.807, 2.05) is 0 Å². The topological polar surface area (TPSA) is 35.8 Å². The Morgan fingerprint density at radius 3 is 1.17 bits per heavy atom. The summed E-state index contributed by atoms with van der Waals surface area (Å²) < 4.78 is 8.42. The van der Waals surface area contributed by atoms with Gasteiger partial charge in [0.25, 0.3) is 13.4 Å². The molecule has 1 aromatic heterocycles. The van der Waals surface area contributed by atoms with Gasteiger partial charge in [0, 0.05) is 45.5 Å². The van der Waals surface area contributed by atoms with E-state index in [-0.39, 0.29) is 13.4 Å². The van der Waals surface area contributed by atoms with E-state index in [9.17, 15) is 0 Å². The van der Waals surface area contributed by atoms with Gasteiger partial charge in [-0.1, -0.05) is 194 Å². The minimum atomic E-state index is -0.370. The molecule has 7 aliphatic rings. The van der Waals surface area contributed by atoms with E-state index in [4.69, 9.17) is 4.42 Å². The summed E-state index contributed by atoms with van der Waals surface area (Å²) in [5.74, 6) is 0. The average Bonchev–Trinajstić information content (AvgIpc) is 1.63. The fourth-order valence-corrected chi connectivity index (χ4v) is 16.7. The predicted molar refractivity (Wildman–Crippen MR) is 387 cm³/mol. The van der Waals surface area contributed by atoms with Crippen LogP contribution < -0.4 is 67.5 Å². The summed E-state index contributed by atoms with van der Waals surface area (Å²) in [4.78, 5) is 17.9. The Balaban J connectivity index is 0.917. The first kappa shape index (κ1) is 50.7. The molecule has 14 aromatic rings. The summed E-state index contributed by atoms with van der Waals surface area (Å²) in [5, 5.41) is 0. The number of furan rings is 1. The zero-order chi connectivity index (χ0) is 60.7. The van der Waals surface area contributed by atoms with Gasteiger partial charge < -0.3 is 38.7 Å². The highest BCUT2D eigenvalue weighted by Crippen LogP contribution is 2.65. The second kappa shape index (κ2) is 19.0. The fraction of sp³-hybridized carbons (Fsp3) is 0.0120. The van der Waals surface area contributed by atoms with Crippen LogP contribution in [0.5, 0.6) is 0 Å². The van der Waals surface area contributed by atoms with Gasteiger partial charge in [-0.2, -0.15) is 0 Å². The van der Waals surface area contributed by atoms with Gasteiger partial charge in [0.05, 0.1) is 73.9 Å². The molecule has 0 fully saturated rings. The molecule has 432 valence electrons. The summed E-state index contributed by atoms with van der Waals surface area (Å²) >= 11 is 0. The molecule has 0 atom stereocenters. The lowest BCUT2D eigenvalue weighted by atomic mass is 9.34. The Bertz CT molecular complexity index is 5440. The van der Waals surface area contributed by atoms with E-state index in [0.29, 0.717) is 0 Å². The van der Waals surface area contributed by atoms with Crippen LogP contribution in [-0.4, -0.2) is 13.4 Å². The van der Waals surface area contributed by atoms with Crippen LogP contribution in [0, 0.1) is 6.92 Å². The molecular weight excluding hydrogens is 1130 g/mol. The number of hydrogen-bond donors (Lipinski definition) is 0. The quantitative estimate of drug-likeness (QED) is 0.146. The molecule has 93 heavy (non-hydrogen) atoms. The SMILES string of the molecule is Cc1cc2c3c4c1N(c1ccccc1)c1ccccc1N4c1cc(-c4ccccc4)ccc1B3c1oc3c4c1N2c1ccccc1N4c1cc(N(c2ccccc2)c2ccccc2)c2c4c1B3c1cc(-c3ccccc3)ccc1N4c1ccccc1N2c1ccccc1. The Hall–Kier alpha value is -12.1. The predicted octanol–water partition coefficient (Wildman–Crippen LogP) is 18.4. The maximum atomic E-state index is 8.42. The van der Waals surface area contributed by atoms with E-state index in [2.05, 4.69) is 345 Å². The number of anilines is 21. The van der Waals surface area contributed by atoms with Crippen molar-refractivity contribution < 1.29 is 4.42 Å². The molecule has 0 unspecified atom stereocenters. The van der Waals surface area contributed by atoms with Gasteiger partial charge in [0.15, 0.2) is 0 Å². The van der Waals surface area contributed by atoms with Crippen LogP contribution in [0.15, 0.2) is 308 Å². The minimum absolute atomic E-state index is 0.313. The molecule has 0 spiro atoms. The van der Waals surface area contributed by atoms with E-state index < -0.39 is 0 Å². The first-order valence-electron chi connectivity index (χ1n) is 32.2. The first-order chi connectivity index (χ1) is 46.1. The Kier molecular flexibility index (Phi) is 10.3. The van der Waals surface area contributed by atoms with Crippen molar-refractivity contribution in [2.45, 2.75) is 6.92 Å². The highest BCUT2D eigenvalue weighted by Gasteiger charge is 2.58. The van der Waals surface area contributed by atoms with Crippen molar-refractivity contribution in [2.75, 3.05) is 34.3 Å². The van der Waals surface area contributed by atoms with Gasteiger partial charge in [-0.15, -0.1) is 0 Å². The smallest absolute Gasteiger partial charge is 0.297 e. The summed E-state index contributed by atoms with van der Waals surface area (Å²) in [7, 11) is 0. The van der Waals surface area contributed by atoms with Crippen LogP contribution in [0.1, 0.15) is 5.56 Å². The van der Waals surface area contributed by atoms with E-state index in [1.54, 1.807) is 0 Å². The Morgan fingerprint density at radius 2 is 0.656 bits per heavy atom. The van der Waals surface area contributed by atoms with Crippen molar-refractivity contribution in [1.82, 2.24) is 0 Å². The minimum Gasteiger partial charge on any atom is -0.480 e. The van der Waals surface area contributed by atoms with Crippen LogP contribution >= 0.6 is 0 Å². The Labute approximate surface area is 539 Å². The number of fused-ring (bicyclic) bond motifs is 17. The molecule has 0 amide bonds. The number of para-hydroxylation sites is 10. The maximum Gasteiger partial charge on any atom is 0.297 e. The van der Waals surface area contributed by atoms with Crippen LogP contribution in [0.25, 0.3) is 22.3 Å². The van der Waals surface area contributed by atoms with Crippen molar-refractivity contribution in [2.24, 2.45) is 0 Å². The molecule has 8 nitrogen and oxygen atoms in total. The average molecular weight is 1190 g/mol. The number of aryl methyl sites for hydroxylation is 1. The molecule has 0 aliphatic carbocycles. The van der Waals surface area contributed by atoms with Crippen molar-refractivity contribution in [3.8, 4) is 22.3 Å². The largest absolute Gasteiger partial charge is 0.480 e.